The van der Waals surface area contributed by atoms with E-state index in [0.29, 0.717) is 13.0 Å². The SMILES string of the molecule is CC/C=C\C/C=C\C/C=C\C/C=C\C/C=C\CCCCOC(CC)C(=O)OCCNC(=O)c1ccccc1O. The van der Waals surface area contributed by atoms with Crippen molar-refractivity contribution in [2.75, 3.05) is 19.8 Å². The van der Waals surface area contributed by atoms with Gasteiger partial charge in [-0.25, -0.2) is 4.79 Å². The van der Waals surface area contributed by atoms with Crippen molar-refractivity contribution in [3.8, 4) is 5.75 Å². The molecular weight excluding hydrogens is 490 g/mol. The molecule has 0 saturated heterocycles. The highest BCUT2D eigenvalue weighted by Crippen LogP contribution is 2.14. The van der Waals surface area contributed by atoms with E-state index in [1.54, 1.807) is 12.1 Å². The number of carbonyl (C=O) groups is 2. The number of nitrogens with one attached hydrogen (secondary N) is 1. The number of carbonyl (C=O) groups excluding carboxylic acids is 2. The van der Waals surface area contributed by atoms with Crippen LogP contribution in [0.4, 0.5) is 0 Å². The molecule has 39 heavy (non-hydrogen) atoms. The molecule has 0 radical (unpaired) electrons. The molecule has 0 bridgehead atoms. The predicted molar refractivity (Wildman–Crippen MR) is 160 cm³/mol. The summed E-state index contributed by atoms with van der Waals surface area (Å²) in [5, 5.41) is 12.3. The predicted octanol–water partition coefficient (Wildman–Crippen LogP) is 7.38. The first-order valence-corrected chi connectivity index (χ1v) is 14.2. The Morgan fingerprint density at radius 2 is 1.41 bits per heavy atom. The van der Waals surface area contributed by atoms with Crippen LogP contribution in [0.1, 0.15) is 82.0 Å². The van der Waals surface area contributed by atoms with Crippen LogP contribution in [0.15, 0.2) is 85.0 Å². The van der Waals surface area contributed by atoms with Gasteiger partial charge in [0.15, 0.2) is 6.10 Å². The molecule has 2 N–H and O–H groups in total. The van der Waals surface area contributed by atoms with Crippen molar-refractivity contribution < 1.29 is 24.2 Å². The van der Waals surface area contributed by atoms with Crippen LogP contribution in [-0.2, 0) is 14.3 Å². The molecule has 0 saturated carbocycles. The number of hydrogen-bond donors (Lipinski definition) is 2. The van der Waals surface area contributed by atoms with Crippen LogP contribution in [0.3, 0.4) is 0 Å². The monoisotopic (exact) mass is 537 g/mol. The Labute approximate surface area is 235 Å². The van der Waals surface area contributed by atoms with E-state index in [-0.39, 0.29) is 24.5 Å². The smallest absolute Gasteiger partial charge is 0.335 e. The van der Waals surface area contributed by atoms with Crippen molar-refractivity contribution in [2.45, 2.75) is 77.7 Å². The molecule has 214 valence electrons. The van der Waals surface area contributed by atoms with Gasteiger partial charge in [0.25, 0.3) is 5.91 Å². The lowest BCUT2D eigenvalue weighted by atomic mass is 10.2. The van der Waals surface area contributed by atoms with Crippen LogP contribution in [0.2, 0.25) is 0 Å². The lowest BCUT2D eigenvalue weighted by molar-refractivity contribution is -0.157. The van der Waals surface area contributed by atoms with Gasteiger partial charge in [0.05, 0.1) is 12.1 Å². The molecule has 0 aromatic heterocycles. The largest absolute Gasteiger partial charge is 0.507 e. The van der Waals surface area contributed by atoms with Crippen LogP contribution < -0.4 is 5.32 Å². The van der Waals surface area contributed by atoms with E-state index in [1.807, 2.05) is 6.92 Å². The van der Waals surface area contributed by atoms with E-state index in [2.05, 4.69) is 73.0 Å². The number of phenols is 1. The first kappa shape index (κ1) is 33.6. The van der Waals surface area contributed by atoms with Gasteiger partial charge in [-0.3, -0.25) is 4.79 Å². The highest BCUT2D eigenvalue weighted by molar-refractivity contribution is 5.96. The van der Waals surface area contributed by atoms with Crippen molar-refractivity contribution in [1.82, 2.24) is 5.32 Å². The van der Waals surface area contributed by atoms with Gasteiger partial charge in [-0.05, 0) is 69.9 Å². The molecule has 0 heterocycles. The first-order chi connectivity index (χ1) is 19.1. The van der Waals surface area contributed by atoms with Crippen LogP contribution in [-0.4, -0.2) is 42.8 Å². The third-order valence-electron chi connectivity index (χ3n) is 5.66. The second kappa shape index (κ2) is 23.7. The Bertz CT molecular complexity index is 945. The van der Waals surface area contributed by atoms with Gasteiger partial charge in [-0.2, -0.15) is 0 Å². The van der Waals surface area contributed by atoms with E-state index in [9.17, 15) is 14.7 Å². The average molecular weight is 538 g/mol. The number of allylic oxidation sites excluding steroid dienone is 10. The molecule has 1 aromatic rings. The van der Waals surface area contributed by atoms with Gasteiger partial charge in [0.1, 0.15) is 12.4 Å². The number of unbranched alkanes of at least 4 members (excludes halogenated alkanes) is 2. The lowest BCUT2D eigenvalue weighted by Crippen LogP contribution is -2.31. The topological polar surface area (TPSA) is 84.9 Å². The quantitative estimate of drug-likeness (QED) is 0.0971. The van der Waals surface area contributed by atoms with Gasteiger partial charge in [-0.15, -0.1) is 0 Å². The number of amides is 1. The molecule has 1 atom stereocenters. The molecule has 6 heteroatoms. The van der Waals surface area contributed by atoms with Gasteiger partial charge in [0.2, 0.25) is 0 Å². The number of benzene rings is 1. The summed E-state index contributed by atoms with van der Waals surface area (Å²) >= 11 is 0. The molecule has 1 amide bonds. The van der Waals surface area contributed by atoms with Crippen LogP contribution in [0, 0.1) is 0 Å². The summed E-state index contributed by atoms with van der Waals surface area (Å²) in [6.45, 7) is 4.72. The zero-order valence-electron chi connectivity index (χ0n) is 23.7. The van der Waals surface area contributed by atoms with Crippen molar-refractivity contribution in [2.24, 2.45) is 0 Å². The third-order valence-corrected chi connectivity index (χ3v) is 5.66. The molecule has 0 spiro atoms. The number of ether oxygens (including phenoxy) is 2. The second-order valence-electron chi connectivity index (χ2n) is 8.91. The molecular formula is C33H47NO5. The molecule has 0 aliphatic carbocycles. The molecule has 1 aromatic carbocycles. The van der Waals surface area contributed by atoms with Crippen LogP contribution >= 0.6 is 0 Å². The first-order valence-electron chi connectivity index (χ1n) is 14.2. The summed E-state index contributed by atoms with van der Waals surface area (Å²) in [6.07, 6.45) is 29.7. The maximum Gasteiger partial charge on any atom is 0.335 e. The third kappa shape index (κ3) is 17.7. The van der Waals surface area contributed by atoms with Crippen molar-refractivity contribution in [3.05, 3.63) is 90.6 Å². The summed E-state index contributed by atoms with van der Waals surface area (Å²) < 4.78 is 10.9. The Morgan fingerprint density at radius 3 is 2.00 bits per heavy atom. The van der Waals surface area contributed by atoms with Crippen LogP contribution in [0.5, 0.6) is 5.75 Å². The Hall–Kier alpha value is -3.38. The Balaban J connectivity index is 2.05. The Morgan fingerprint density at radius 1 is 0.821 bits per heavy atom. The summed E-state index contributed by atoms with van der Waals surface area (Å²) in [7, 11) is 0. The van der Waals surface area contributed by atoms with Gasteiger partial charge in [0, 0.05) is 6.61 Å². The zero-order chi connectivity index (χ0) is 28.4. The van der Waals surface area contributed by atoms with Gasteiger partial charge < -0.3 is 19.9 Å². The van der Waals surface area contributed by atoms with E-state index in [0.717, 1.165) is 51.4 Å². The number of para-hydroxylation sites is 1. The van der Waals surface area contributed by atoms with Crippen molar-refractivity contribution in [3.63, 3.8) is 0 Å². The number of esters is 1. The molecule has 6 nitrogen and oxygen atoms in total. The maximum atomic E-state index is 12.2. The fourth-order valence-corrected chi connectivity index (χ4v) is 3.48. The number of rotatable bonds is 21. The number of aromatic hydroxyl groups is 1. The average Bonchev–Trinajstić information content (AvgIpc) is 2.94. The van der Waals surface area contributed by atoms with Crippen molar-refractivity contribution in [1.29, 1.82) is 0 Å². The minimum absolute atomic E-state index is 0.0438. The molecule has 1 rings (SSSR count). The minimum atomic E-state index is -0.604. The zero-order valence-corrected chi connectivity index (χ0v) is 23.7. The van der Waals surface area contributed by atoms with E-state index in [1.165, 1.54) is 12.1 Å². The fraction of sp³-hybridized carbons (Fsp3) is 0.455. The van der Waals surface area contributed by atoms with E-state index < -0.39 is 18.0 Å². The minimum Gasteiger partial charge on any atom is -0.507 e. The number of phenolic OH excluding ortho intramolecular Hbond substituents is 1. The highest BCUT2D eigenvalue weighted by Gasteiger charge is 2.18. The second-order valence-corrected chi connectivity index (χ2v) is 8.91. The summed E-state index contributed by atoms with van der Waals surface area (Å²) in [5.74, 6) is -0.931. The highest BCUT2D eigenvalue weighted by atomic mass is 16.6. The normalized spacial score (nSPS) is 12.9. The molecule has 1 unspecified atom stereocenters. The van der Waals surface area contributed by atoms with E-state index in [4.69, 9.17) is 9.47 Å². The lowest BCUT2D eigenvalue weighted by Gasteiger charge is -2.15. The maximum absolute atomic E-state index is 12.2. The van der Waals surface area contributed by atoms with Gasteiger partial charge in [-0.1, -0.05) is 86.7 Å². The van der Waals surface area contributed by atoms with Crippen LogP contribution in [0.25, 0.3) is 0 Å². The summed E-state index contributed by atoms with van der Waals surface area (Å²) in [5.41, 5.74) is 0.183. The van der Waals surface area contributed by atoms with Crippen molar-refractivity contribution >= 4 is 11.9 Å². The van der Waals surface area contributed by atoms with Gasteiger partial charge >= 0.3 is 5.97 Å². The summed E-state index contributed by atoms with van der Waals surface area (Å²) in [6, 6.07) is 6.28. The standard InChI is InChI=1S/C33H47NO5/c1-3-5-6-7-8-9-10-11-12-13-14-15-16-17-18-19-20-23-27-38-31(4-2)33(37)39-28-26-34-32(36)29-24-21-22-25-30(29)35/h5-6,8-9,11-12,14-15,17-18,21-22,24-25,31,35H,3-4,7,10,13,16,19-20,23,26-28H2,1-2H3,(H,34,36)/b6-5-,9-8-,12-11-,15-14-,18-17-. The molecule has 0 aliphatic rings. The summed E-state index contributed by atoms with van der Waals surface area (Å²) in [4.78, 5) is 24.3. The molecule has 0 fully saturated rings. The number of hydrogen-bond acceptors (Lipinski definition) is 5. The Kier molecular flexibility index (Phi) is 20.5. The van der Waals surface area contributed by atoms with E-state index >= 15 is 0 Å². The molecule has 0 aliphatic heterocycles. The fourth-order valence-electron chi connectivity index (χ4n) is 3.48.